The number of nitrogens with one attached hydrogen (secondary N) is 2. The maximum absolute atomic E-state index is 12.8. The molecule has 0 aliphatic carbocycles. The number of amides is 2. The summed E-state index contributed by atoms with van der Waals surface area (Å²) in [5, 5.41) is 15.3. The van der Waals surface area contributed by atoms with Crippen molar-refractivity contribution in [2.24, 2.45) is 5.92 Å². The highest BCUT2D eigenvalue weighted by atomic mass is 19.4. The van der Waals surface area contributed by atoms with Crippen LogP contribution in [-0.2, 0) is 11.0 Å². The number of alkyl halides is 3. The van der Waals surface area contributed by atoms with Crippen molar-refractivity contribution in [3.05, 3.63) is 65.2 Å². The van der Waals surface area contributed by atoms with Crippen LogP contribution in [0.4, 0.5) is 13.2 Å². The number of halogens is 3. The fraction of sp³-hybridized carbons (Fsp3) is 0.391. The molecular formula is C23H27F3N2O4. The number of rotatable bonds is 9. The minimum atomic E-state index is -4.50. The van der Waals surface area contributed by atoms with Crippen molar-refractivity contribution in [1.82, 2.24) is 10.6 Å². The first-order valence-electron chi connectivity index (χ1n) is 10.1. The van der Waals surface area contributed by atoms with Gasteiger partial charge in [0.05, 0.1) is 5.56 Å². The van der Waals surface area contributed by atoms with E-state index in [1.807, 2.05) is 6.92 Å². The summed E-state index contributed by atoms with van der Waals surface area (Å²) in [7, 11) is 0. The number of ether oxygens (including phenoxy) is 1. The zero-order chi connectivity index (χ0) is 23.9. The number of hydrogen-bond acceptors (Lipinski definition) is 4. The number of aliphatic hydroxyl groups excluding tert-OH is 1. The molecule has 0 bridgehead atoms. The Balaban J connectivity index is 1.87. The van der Waals surface area contributed by atoms with Gasteiger partial charge in [-0.05, 0) is 43.2 Å². The molecule has 0 aliphatic rings. The van der Waals surface area contributed by atoms with Crippen molar-refractivity contribution in [3.8, 4) is 5.75 Å². The van der Waals surface area contributed by atoms with E-state index in [-0.39, 0.29) is 24.8 Å². The number of carbonyl (C=O) groups excluding carboxylic acids is 2. The average molecular weight is 452 g/mol. The molecule has 0 saturated heterocycles. The quantitative estimate of drug-likeness (QED) is 0.545. The molecule has 0 heterocycles. The van der Waals surface area contributed by atoms with Gasteiger partial charge in [0.1, 0.15) is 24.5 Å². The van der Waals surface area contributed by atoms with Crippen LogP contribution in [0.2, 0.25) is 0 Å². The first-order chi connectivity index (χ1) is 15.0. The Morgan fingerprint density at radius 1 is 1.09 bits per heavy atom. The Kier molecular flexibility index (Phi) is 8.65. The molecule has 9 heteroatoms. The Morgan fingerprint density at radius 3 is 2.34 bits per heavy atom. The number of benzene rings is 2. The predicted molar refractivity (Wildman–Crippen MR) is 113 cm³/mol. The van der Waals surface area contributed by atoms with Crippen LogP contribution in [-0.4, -0.2) is 42.2 Å². The van der Waals surface area contributed by atoms with Gasteiger partial charge in [-0.3, -0.25) is 9.59 Å². The molecule has 0 radical (unpaired) electrons. The fourth-order valence-electron chi connectivity index (χ4n) is 2.81. The van der Waals surface area contributed by atoms with Gasteiger partial charge in [0.25, 0.3) is 5.91 Å². The molecule has 2 aromatic rings. The van der Waals surface area contributed by atoms with Gasteiger partial charge in [-0.2, -0.15) is 13.2 Å². The van der Waals surface area contributed by atoms with E-state index >= 15 is 0 Å². The molecule has 32 heavy (non-hydrogen) atoms. The third-order valence-electron chi connectivity index (χ3n) is 4.67. The van der Waals surface area contributed by atoms with Gasteiger partial charge in [0, 0.05) is 12.1 Å². The average Bonchev–Trinajstić information content (AvgIpc) is 2.74. The molecule has 3 N–H and O–H groups in total. The minimum Gasteiger partial charge on any atom is -0.491 e. The molecular weight excluding hydrogens is 425 g/mol. The second-order valence-corrected chi connectivity index (χ2v) is 7.80. The third kappa shape index (κ3) is 7.56. The number of hydrogen-bond donors (Lipinski definition) is 3. The maximum atomic E-state index is 12.8. The van der Waals surface area contributed by atoms with E-state index in [9.17, 15) is 27.9 Å². The normalized spacial score (nSPS) is 13.4. The van der Waals surface area contributed by atoms with Gasteiger partial charge < -0.3 is 20.5 Å². The summed E-state index contributed by atoms with van der Waals surface area (Å²) in [6.07, 6.45) is -5.66. The van der Waals surface area contributed by atoms with Crippen LogP contribution >= 0.6 is 0 Å². The maximum Gasteiger partial charge on any atom is 0.416 e. The summed E-state index contributed by atoms with van der Waals surface area (Å²) in [6.45, 7) is 4.93. The van der Waals surface area contributed by atoms with Crippen molar-refractivity contribution >= 4 is 11.8 Å². The molecule has 0 aromatic heterocycles. The van der Waals surface area contributed by atoms with Crippen LogP contribution < -0.4 is 15.4 Å². The standard InChI is InChI=1S/C23H27F3N2O4/c1-14(2)20(28-21(30)16-9-7-15(3)8-10-16)22(31)27-12-18(29)13-32-19-6-4-5-17(11-19)23(24,25)26/h4-11,14,18,20,29H,12-13H2,1-3H3,(H,27,31)(H,28,30). The summed E-state index contributed by atoms with van der Waals surface area (Å²) in [5.74, 6) is -1.15. The van der Waals surface area contributed by atoms with Crippen molar-refractivity contribution in [1.29, 1.82) is 0 Å². The number of aryl methyl sites for hydroxylation is 1. The monoisotopic (exact) mass is 452 g/mol. The molecule has 2 unspecified atom stereocenters. The fourth-order valence-corrected chi connectivity index (χ4v) is 2.81. The van der Waals surface area contributed by atoms with Crippen LogP contribution in [0.5, 0.6) is 5.75 Å². The zero-order valence-electron chi connectivity index (χ0n) is 18.1. The number of carbonyl (C=O) groups is 2. The molecule has 2 rings (SSSR count). The van der Waals surface area contributed by atoms with Crippen molar-refractivity contribution in [2.75, 3.05) is 13.2 Å². The Morgan fingerprint density at radius 2 is 1.75 bits per heavy atom. The first kappa shape index (κ1) is 25.2. The molecule has 2 atom stereocenters. The number of aliphatic hydroxyl groups is 1. The Labute approximate surface area is 184 Å². The van der Waals surface area contributed by atoms with Crippen LogP contribution in [0.1, 0.15) is 35.3 Å². The van der Waals surface area contributed by atoms with E-state index in [4.69, 9.17) is 4.74 Å². The highest BCUT2D eigenvalue weighted by Gasteiger charge is 2.30. The van der Waals surface area contributed by atoms with Crippen LogP contribution in [0.3, 0.4) is 0 Å². The first-order valence-corrected chi connectivity index (χ1v) is 10.1. The molecule has 2 amide bonds. The van der Waals surface area contributed by atoms with Gasteiger partial charge in [0.15, 0.2) is 0 Å². The van der Waals surface area contributed by atoms with Crippen LogP contribution in [0.15, 0.2) is 48.5 Å². The Bertz CT molecular complexity index is 914. The summed E-state index contributed by atoms with van der Waals surface area (Å²) in [6, 6.07) is 10.4. The van der Waals surface area contributed by atoms with Gasteiger partial charge in [-0.25, -0.2) is 0 Å². The van der Waals surface area contributed by atoms with E-state index in [0.717, 1.165) is 17.7 Å². The molecule has 0 saturated carbocycles. The molecule has 0 spiro atoms. The summed E-state index contributed by atoms with van der Waals surface area (Å²) in [4.78, 5) is 25.0. The van der Waals surface area contributed by atoms with E-state index in [1.165, 1.54) is 12.1 Å². The highest BCUT2D eigenvalue weighted by molar-refractivity contribution is 5.97. The van der Waals surface area contributed by atoms with Gasteiger partial charge in [0.2, 0.25) is 5.91 Å². The third-order valence-corrected chi connectivity index (χ3v) is 4.67. The summed E-state index contributed by atoms with van der Waals surface area (Å²) >= 11 is 0. The van der Waals surface area contributed by atoms with Crippen molar-refractivity contribution in [3.63, 3.8) is 0 Å². The Hall–Kier alpha value is -3.07. The predicted octanol–water partition coefficient (Wildman–Crippen LogP) is 3.32. The molecule has 6 nitrogen and oxygen atoms in total. The molecule has 0 aliphatic heterocycles. The second-order valence-electron chi connectivity index (χ2n) is 7.80. The zero-order valence-corrected chi connectivity index (χ0v) is 18.1. The van der Waals surface area contributed by atoms with E-state index in [1.54, 1.807) is 38.1 Å². The topological polar surface area (TPSA) is 87.7 Å². The lowest BCUT2D eigenvalue weighted by molar-refractivity contribution is -0.137. The molecule has 2 aromatic carbocycles. The minimum absolute atomic E-state index is 0.0457. The summed E-state index contributed by atoms with van der Waals surface area (Å²) in [5.41, 5.74) is 0.562. The summed E-state index contributed by atoms with van der Waals surface area (Å²) < 4.78 is 43.5. The lowest BCUT2D eigenvalue weighted by Crippen LogP contribution is -2.51. The largest absolute Gasteiger partial charge is 0.491 e. The van der Waals surface area contributed by atoms with Crippen LogP contribution in [0, 0.1) is 12.8 Å². The van der Waals surface area contributed by atoms with Crippen LogP contribution in [0.25, 0.3) is 0 Å². The SMILES string of the molecule is Cc1ccc(C(=O)NC(C(=O)NCC(O)COc2cccc(C(F)(F)F)c2)C(C)C)cc1. The molecule has 174 valence electrons. The second kappa shape index (κ2) is 11.0. The van der Waals surface area contributed by atoms with Gasteiger partial charge in [-0.1, -0.05) is 37.6 Å². The highest BCUT2D eigenvalue weighted by Crippen LogP contribution is 2.31. The van der Waals surface area contributed by atoms with Gasteiger partial charge in [-0.15, -0.1) is 0 Å². The van der Waals surface area contributed by atoms with Gasteiger partial charge >= 0.3 is 6.18 Å². The van der Waals surface area contributed by atoms with Crippen molar-refractivity contribution in [2.45, 2.75) is 39.1 Å². The van der Waals surface area contributed by atoms with Crippen molar-refractivity contribution < 1.29 is 32.6 Å². The van der Waals surface area contributed by atoms with E-state index < -0.39 is 35.7 Å². The lowest BCUT2D eigenvalue weighted by atomic mass is 10.0. The smallest absolute Gasteiger partial charge is 0.416 e. The molecule has 0 fully saturated rings. The lowest BCUT2D eigenvalue weighted by Gasteiger charge is -2.23. The van der Waals surface area contributed by atoms with E-state index in [2.05, 4.69) is 10.6 Å². The van der Waals surface area contributed by atoms with E-state index in [0.29, 0.717) is 5.56 Å².